The van der Waals surface area contributed by atoms with Crippen molar-refractivity contribution >= 4 is 0 Å². The lowest BCUT2D eigenvalue weighted by atomic mass is 9.78. The molecular formula is C15H19N3O2. The van der Waals surface area contributed by atoms with Gasteiger partial charge >= 0.3 is 0 Å². The van der Waals surface area contributed by atoms with Crippen LogP contribution in [-0.4, -0.2) is 16.7 Å². The molecule has 1 aliphatic rings. The van der Waals surface area contributed by atoms with Gasteiger partial charge in [-0.3, -0.25) is 0 Å². The van der Waals surface area contributed by atoms with Gasteiger partial charge in [-0.25, -0.2) is 0 Å². The second kappa shape index (κ2) is 5.34. The summed E-state index contributed by atoms with van der Waals surface area (Å²) in [6.45, 7) is 2.53. The summed E-state index contributed by atoms with van der Waals surface area (Å²) < 4.78 is 11.1. The lowest BCUT2D eigenvalue weighted by Gasteiger charge is -2.33. The van der Waals surface area contributed by atoms with E-state index in [1.54, 1.807) is 0 Å². The summed E-state index contributed by atoms with van der Waals surface area (Å²) in [5.41, 5.74) is 6.80. The predicted molar refractivity (Wildman–Crippen MR) is 73.9 cm³/mol. The van der Waals surface area contributed by atoms with Gasteiger partial charge < -0.3 is 15.0 Å². The maximum Gasteiger partial charge on any atom is 0.246 e. The van der Waals surface area contributed by atoms with E-state index in [0.29, 0.717) is 18.3 Å². The number of nitrogens with zero attached hydrogens (tertiary/aromatic N) is 2. The highest BCUT2D eigenvalue weighted by atomic mass is 16.5. The molecule has 5 nitrogen and oxygen atoms in total. The van der Waals surface area contributed by atoms with E-state index in [9.17, 15) is 0 Å². The van der Waals surface area contributed by atoms with Crippen LogP contribution < -0.4 is 5.73 Å². The van der Waals surface area contributed by atoms with Gasteiger partial charge in [0.05, 0.1) is 5.54 Å². The first kappa shape index (κ1) is 13.3. The summed E-state index contributed by atoms with van der Waals surface area (Å²) in [4.78, 5) is 4.47. The second-order valence-corrected chi connectivity index (χ2v) is 5.21. The molecule has 1 aromatic heterocycles. The minimum Gasteiger partial charge on any atom is -0.366 e. The monoisotopic (exact) mass is 273 g/mol. The molecule has 1 unspecified atom stereocenters. The largest absolute Gasteiger partial charge is 0.366 e. The minimum absolute atomic E-state index is 0.303. The van der Waals surface area contributed by atoms with Crippen LogP contribution in [0.3, 0.4) is 0 Å². The molecule has 5 heteroatoms. The molecule has 0 spiro atoms. The van der Waals surface area contributed by atoms with Crippen molar-refractivity contribution in [3.05, 3.63) is 47.6 Å². The molecule has 0 bridgehead atoms. The Morgan fingerprint density at radius 1 is 1.35 bits per heavy atom. The van der Waals surface area contributed by atoms with Crippen molar-refractivity contribution < 1.29 is 9.26 Å². The van der Waals surface area contributed by atoms with E-state index >= 15 is 0 Å². The molecule has 20 heavy (non-hydrogen) atoms. The summed E-state index contributed by atoms with van der Waals surface area (Å²) >= 11 is 0. The van der Waals surface area contributed by atoms with Crippen LogP contribution in [0.4, 0.5) is 0 Å². The lowest BCUT2D eigenvalue weighted by molar-refractivity contribution is 0.0832. The molecule has 2 aromatic rings. The van der Waals surface area contributed by atoms with Crippen LogP contribution in [0.5, 0.6) is 0 Å². The number of benzene rings is 1. The first-order chi connectivity index (χ1) is 9.73. The van der Waals surface area contributed by atoms with Gasteiger partial charge in [-0.2, -0.15) is 4.98 Å². The van der Waals surface area contributed by atoms with Crippen LogP contribution >= 0.6 is 0 Å². The first-order valence-electron chi connectivity index (χ1n) is 7.02. The van der Waals surface area contributed by atoms with Gasteiger partial charge in [0.2, 0.25) is 11.7 Å². The molecule has 3 rings (SSSR count). The minimum atomic E-state index is -0.432. The predicted octanol–water partition coefficient (Wildman–Crippen LogP) is 2.53. The Balaban J connectivity index is 1.88. The zero-order valence-electron chi connectivity index (χ0n) is 11.6. The topological polar surface area (TPSA) is 74.2 Å². The number of ether oxygens (including phenoxy) is 1. The number of hydrogen-bond acceptors (Lipinski definition) is 5. The average molecular weight is 273 g/mol. The fourth-order valence-corrected chi connectivity index (χ4v) is 2.43. The van der Waals surface area contributed by atoms with Gasteiger partial charge in [-0.05, 0) is 31.7 Å². The number of hydrogen-bond donors (Lipinski definition) is 1. The molecule has 106 valence electrons. The van der Waals surface area contributed by atoms with Crippen molar-refractivity contribution in [2.75, 3.05) is 6.61 Å². The van der Waals surface area contributed by atoms with E-state index in [0.717, 1.165) is 24.8 Å². The van der Waals surface area contributed by atoms with Gasteiger partial charge in [-0.15, -0.1) is 0 Å². The highest BCUT2D eigenvalue weighted by Crippen LogP contribution is 2.38. The molecule has 1 saturated carbocycles. The van der Waals surface area contributed by atoms with E-state index in [1.165, 1.54) is 0 Å². The molecule has 1 aromatic carbocycles. The number of rotatable bonds is 5. The zero-order chi connectivity index (χ0) is 14.0. The third-order valence-electron chi connectivity index (χ3n) is 3.78. The smallest absolute Gasteiger partial charge is 0.246 e. The second-order valence-electron chi connectivity index (χ2n) is 5.21. The lowest BCUT2D eigenvalue weighted by Crippen LogP contribution is -2.43. The molecule has 0 radical (unpaired) electrons. The Labute approximate surface area is 118 Å². The fourth-order valence-electron chi connectivity index (χ4n) is 2.43. The van der Waals surface area contributed by atoms with Crippen molar-refractivity contribution in [2.24, 2.45) is 5.73 Å². The van der Waals surface area contributed by atoms with E-state index < -0.39 is 5.54 Å². The molecule has 0 saturated heterocycles. The van der Waals surface area contributed by atoms with Crippen LogP contribution in [0, 0.1) is 0 Å². The Morgan fingerprint density at radius 3 is 2.70 bits per heavy atom. The summed E-state index contributed by atoms with van der Waals surface area (Å²) in [5.74, 6) is 1.07. The van der Waals surface area contributed by atoms with Crippen molar-refractivity contribution in [1.82, 2.24) is 10.1 Å². The van der Waals surface area contributed by atoms with Gasteiger partial charge in [0, 0.05) is 6.61 Å². The fraction of sp³-hybridized carbons (Fsp3) is 0.467. The standard InChI is InChI=1S/C15H19N3O2/c1-2-19-12(11-7-4-3-5-8-11)13-17-14(20-18-13)15(16)9-6-10-15/h3-5,7-8,12H,2,6,9-10,16H2,1H3. The molecule has 1 fully saturated rings. The highest BCUT2D eigenvalue weighted by molar-refractivity contribution is 5.23. The Kier molecular flexibility index (Phi) is 3.54. The van der Waals surface area contributed by atoms with E-state index in [4.69, 9.17) is 15.0 Å². The van der Waals surface area contributed by atoms with Crippen molar-refractivity contribution in [2.45, 2.75) is 37.8 Å². The van der Waals surface area contributed by atoms with Crippen LogP contribution in [0.2, 0.25) is 0 Å². The highest BCUT2D eigenvalue weighted by Gasteiger charge is 2.40. The molecule has 1 atom stereocenters. The number of nitrogens with two attached hydrogens (primary N) is 1. The van der Waals surface area contributed by atoms with E-state index in [-0.39, 0.29) is 6.10 Å². The average Bonchev–Trinajstić information content (AvgIpc) is 2.93. The molecule has 1 aliphatic carbocycles. The maximum atomic E-state index is 6.21. The Bertz CT molecular complexity index is 564. The van der Waals surface area contributed by atoms with Gasteiger partial charge in [0.1, 0.15) is 6.10 Å². The Morgan fingerprint density at radius 2 is 2.10 bits per heavy atom. The van der Waals surface area contributed by atoms with Crippen LogP contribution in [0.1, 0.15) is 49.6 Å². The molecule has 0 aliphatic heterocycles. The van der Waals surface area contributed by atoms with E-state index in [1.807, 2.05) is 37.3 Å². The van der Waals surface area contributed by atoms with Crippen molar-refractivity contribution in [3.8, 4) is 0 Å². The van der Waals surface area contributed by atoms with Crippen molar-refractivity contribution in [1.29, 1.82) is 0 Å². The van der Waals surface area contributed by atoms with Gasteiger partial charge in [0.25, 0.3) is 0 Å². The molecule has 2 N–H and O–H groups in total. The van der Waals surface area contributed by atoms with E-state index in [2.05, 4.69) is 10.1 Å². The van der Waals surface area contributed by atoms with Crippen molar-refractivity contribution in [3.63, 3.8) is 0 Å². The summed E-state index contributed by atoms with van der Waals surface area (Å²) in [7, 11) is 0. The SMILES string of the molecule is CCOC(c1ccccc1)c1noc(C2(N)CCC2)n1. The molecule has 0 amide bonds. The molecule has 1 heterocycles. The summed E-state index contributed by atoms with van der Waals surface area (Å²) in [6.07, 6.45) is 2.61. The number of aromatic nitrogens is 2. The first-order valence-corrected chi connectivity index (χ1v) is 7.02. The third kappa shape index (κ3) is 2.34. The summed E-state index contributed by atoms with van der Waals surface area (Å²) in [5, 5.41) is 4.07. The maximum absolute atomic E-state index is 6.21. The zero-order valence-corrected chi connectivity index (χ0v) is 11.6. The molecular weight excluding hydrogens is 254 g/mol. The third-order valence-corrected chi connectivity index (χ3v) is 3.78. The van der Waals surface area contributed by atoms with Crippen LogP contribution in [-0.2, 0) is 10.3 Å². The quantitative estimate of drug-likeness (QED) is 0.906. The normalized spacial score (nSPS) is 18.5. The Hall–Kier alpha value is -1.72. The summed E-state index contributed by atoms with van der Waals surface area (Å²) in [6, 6.07) is 9.91. The van der Waals surface area contributed by atoms with Crippen LogP contribution in [0.25, 0.3) is 0 Å². The van der Waals surface area contributed by atoms with Crippen LogP contribution in [0.15, 0.2) is 34.9 Å². The van der Waals surface area contributed by atoms with Gasteiger partial charge in [0.15, 0.2) is 0 Å². The van der Waals surface area contributed by atoms with Gasteiger partial charge in [-0.1, -0.05) is 35.5 Å².